The molecule has 1 rings (SSSR count). The molecular weight excluding hydrogens is 186 g/mol. The van der Waals surface area contributed by atoms with E-state index in [9.17, 15) is 4.79 Å². The highest BCUT2D eigenvalue weighted by atomic mass is 16.1. The molecule has 15 heavy (non-hydrogen) atoms. The minimum atomic E-state index is -0.0237. The highest BCUT2D eigenvalue weighted by Crippen LogP contribution is 2.21. The van der Waals surface area contributed by atoms with Gasteiger partial charge < -0.3 is 5.32 Å². The van der Waals surface area contributed by atoms with Gasteiger partial charge in [-0.2, -0.15) is 0 Å². The van der Waals surface area contributed by atoms with Crippen LogP contribution in [0.3, 0.4) is 0 Å². The molecule has 2 heteroatoms. The van der Waals surface area contributed by atoms with Gasteiger partial charge in [0.1, 0.15) is 0 Å². The summed E-state index contributed by atoms with van der Waals surface area (Å²) in [5.41, 5.74) is 2.21. The molecule has 0 aliphatic heterocycles. The Balaban J connectivity index is 2.67. The number of hydrogen-bond donors (Lipinski definition) is 1. The molecule has 0 radical (unpaired) electrons. The van der Waals surface area contributed by atoms with Crippen LogP contribution in [0.5, 0.6) is 0 Å². The van der Waals surface area contributed by atoms with Gasteiger partial charge in [0, 0.05) is 12.6 Å². The van der Waals surface area contributed by atoms with E-state index < -0.39 is 0 Å². The van der Waals surface area contributed by atoms with Gasteiger partial charge in [0.15, 0.2) is 0 Å². The second kappa shape index (κ2) is 5.54. The number of benzene rings is 1. The van der Waals surface area contributed by atoms with Crippen molar-refractivity contribution < 1.29 is 4.79 Å². The molecule has 2 nitrogen and oxygen atoms in total. The Morgan fingerprint density at radius 2 is 1.93 bits per heavy atom. The van der Waals surface area contributed by atoms with Crippen molar-refractivity contribution in [3.05, 3.63) is 29.8 Å². The lowest BCUT2D eigenvalue weighted by Crippen LogP contribution is -2.05. The SMILES string of the molecule is CCC[C@H](C)c1ccc(NC(C)=O)cc1. The molecular formula is C13H19NO. The first-order chi connectivity index (χ1) is 7.13. The van der Waals surface area contributed by atoms with E-state index in [2.05, 4.69) is 31.3 Å². The standard InChI is InChI=1S/C13H19NO/c1-4-5-10(2)12-6-8-13(9-7-12)14-11(3)15/h6-10H,4-5H2,1-3H3,(H,14,15)/t10-/m0/s1. The molecule has 0 heterocycles. The van der Waals surface area contributed by atoms with Crippen molar-refractivity contribution in [2.24, 2.45) is 0 Å². The summed E-state index contributed by atoms with van der Waals surface area (Å²) in [7, 11) is 0. The highest BCUT2D eigenvalue weighted by molar-refractivity contribution is 5.88. The van der Waals surface area contributed by atoms with Gasteiger partial charge in [-0.25, -0.2) is 0 Å². The fraction of sp³-hybridized carbons (Fsp3) is 0.462. The zero-order valence-corrected chi connectivity index (χ0v) is 9.71. The summed E-state index contributed by atoms with van der Waals surface area (Å²) in [5.74, 6) is 0.575. The minimum Gasteiger partial charge on any atom is -0.326 e. The van der Waals surface area contributed by atoms with E-state index in [-0.39, 0.29) is 5.91 Å². The Hall–Kier alpha value is -1.31. The lowest BCUT2D eigenvalue weighted by molar-refractivity contribution is -0.114. The van der Waals surface area contributed by atoms with Gasteiger partial charge in [-0.3, -0.25) is 4.79 Å². The molecule has 0 unspecified atom stereocenters. The second-order valence-corrected chi connectivity index (χ2v) is 3.99. The molecule has 0 spiro atoms. The summed E-state index contributed by atoms with van der Waals surface area (Å²) in [5, 5.41) is 2.76. The summed E-state index contributed by atoms with van der Waals surface area (Å²) >= 11 is 0. The van der Waals surface area contributed by atoms with E-state index in [1.54, 1.807) is 0 Å². The third-order valence-electron chi connectivity index (χ3n) is 2.52. The normalized spacial score (nSPS) is 12.2. The van der Waals surface area contributed by atoms with Crippen LogP contribution in [0, 0.1) is 0 Å². The summed E-state index contributed by atoms with van der Waals surface area (Å²) in [4.78, 5) is 10.8. The van der Waals surface area contributed by atoms with Crippen molar-refractivity contribution in [3.63, 3.8) is 0 Å². The van der Waals surface area contributed by atoms with Crippen molar-refractivity contribution in [3.8, 4) is 0 Å². The lowest BCUT2D eigenvalue weighted by atomic mass is 9.96. The molecule has 0 saturated heterocycles. The van der Waals surface area contributed by atoms with Crippen LogP contribution in [0.25, 0.3) is 0 Å². The average molecular weight is 205 g/mol. The van der Waals surface area contributed by atoms with Crippen molar-refractivity contribution in [1.82, 2.24) is 0 Å². The third kappa shape index (κ3) is 3.74. The Morgan fingerprint density at radius 3 is 2.40 bits per heavy atom. The number of carbonyl (C=O) groups is 1. The van der Waals surface area contributed by atoms with Crippen LogP contribution in [0.4, 0.5) is 5.69 Å². The average Bonchev–Trinajstić information content (AvgIpc) is 2.18. The summed E-state index contributed by atoms with van der Waals surface area (Å²) in [6, 6.07) is 8.10. The number of nitrogens with one attached hydrogen (secondary N) is 1. The number of anilines is 1. The van der Waals surface area contributed by atoms with E-state index in [4.69, 9.17) is 0 Å². The Kier molecular flexibility index (Phi) is 4.35. The molecule has 0 fully saturated rings. The molecule has 0 aliphatic carbocycles. The second-order valence-electron chi connectivity index (χ2n) is 3.99. The molecule has 1 N–H and O–H groups in total. The smallest absolute Gasteiger partial charge is 0.221 e. The number of carbonyl (C=O) groups excluding carboxylic acids is 1. The van der Waals surface area contributed by atoms with Crippen LogP contribution < -0.4 is 5.32 Å². The topological polar surface area (TPSA) is 29.1 Å². The maximum absolute atomic E-state index is 10.8. The van der Waals surface area contributed by atoms with Crippen molar-refractivity contribution >= 4 is 11.6 Å². The molecule has 1 aromatic carbocycles. The molecule has 1 aromatic rings. The summed E-state index contributed by atoms with van der Waals surface area (Å²) in [6.07, 6.45) is 2.41. The van der Waals surface area contributed by atoms with Gasteiger partial charge in [0.2, 0.25) is 5.91 Å². The summed E-state index contributed by atoms with van der Waals surface area (Å²) < 4.78 is 0. The van der Waals surface area contributed by atoms with Crippen molar-refractivity contribution in [2.45, 2.75) is 39.5 Å². The van der Waals surface area contributed by atoms with Crippen LogP contribution >= 0.6 is 0 Å². The van der Waals surface area contributed by atoms with Crippen molar-refractivity contribution in [1.29, 1.82) is 0 Å². The van der Waals surface area contributed by atoms with E-state index >= 15 is 0 Å². The maximum atomic E-state index is 10.8. The van der Waals surface area contributed by atoms with Gasteiger partial charge in [-0.15, -0.1) is 0 Å². The Bertz CT molecular complexity index is 316. The van der Waals surface area contributed by atoms with Crippen LogP contribution in [0.2, 0.25) is 0 Å². The van der Waals surface area contributed by atoms with Gasteiger partial charge in [-0.1, -0.05) is 32.4 Å². The van der Waals surface area contributed by atoms with E-state index in [0.717, 1.165) is 5.69 Å². The largest absolute Gasteiger partial charge is 0.326 e. The molecule has 82 valence electrons. The molecule has 0 bridgehead atoms. The molecule has 0 aromatic heterocycles. The Morgan fingerprint density at radius 1 is 1.33 bits per heavy atom. The van der Waals surface area contributed by atoms with Crippen molar-refractivity contribution in [2.75, 3.05) is 5.32 Å². The van der Waals surface area contributed by atoms with Crippen LogP contribution in [0.1, 0.15) is 45.1 Å². The fourth-order valence-corrected chi connectivity index (χ4v) is 1.70. The van der Waals surface area contributed by atoms with E-state index in [1.165, 1.54) is 25.3 Å². The number of hydrogen-bond acceptors (Lipinski definition) is 1. The zero-order chi connectivity index (χ0) is 11.3. The summed E-state index contributed by atoms with van der Waals surface area (Å²) in [6.45, 7) is 5.95. The van der Waals surface area contributed by atoms with Gasteiger partial charge >= 0.3 is 0 Å². The first-order valence-corrected chi connectivity index (χ1v) is 5.51. The first-order valence-electron chi connectivity index (χ1n) is 5.51. The third-order valence-corrected chi connectivity index (χ3v) is 2.52. The predicted molar refractivity (Wildman–Crippen MR) is 64.1 cm³/mol. The van der Waals surface area contributed by atoms with E-state index in [0.29, 0.717) is 5.92 Å². The fourth-order valence-electron chi connectivity index (χ4n) is 1.70. The molecule has 1 atom stereocenters. The maximum Gasteiger partial charge on any atom is 0.221 e. The molecule has 0 aliphatic rings. The number of amides is 1. The van der Waals surface area contributed by atoms with Gasteiger partial charge in [0.25, 0.3) is 0 Å². The minimum absolute atomic E-state index is 0.0237. The first kappa shape index (κ1) is 11.8. The number of rotatable bonds is 4. The van der Waals surface area contributed by atoms with E-state index in [1.807, 2.05) is 12.1 Å². The predicted octanol–water partition coefficient (Wildman–Crippen LogP) is 3.55. The highest BCUT2D eigenvalue weighted by Gasteiger charge is 2.03. The molecule has 0 saturated carbocycles. The van der Waals surface area contributed by atoms with Crippen LogP contribution in [0.15, 0.2) is 24.3 Å². The lowest BCUT2D eigenvalue weighted by Gasteiger charge is -2.11. The quantitative estimate of drug-likeness (QED) is 0.800. The molecule has 1 amide bonds. The Labute approximate surface area is 91.7 Å². The van der Waals surface area contributed by atoms with Gasteiger partial charge in [0.05, 0.1) is 0 Å². The van der Waals surface area contributed by atoms with Gasteiger partial charge in [-0.05, 0) is 30.0 Å². The van der Waals surface area contributed by atoms with Crippen LogP contribution in [-0.4, -0.2) is 5.91 Å². The zero-order valence-electron chi connectivity index (χ0n) is 9.71. The monoisotopic (exact) mass is 205 g/mol. The van der Waals surface area contributed by atoms with Crippen LogP contribution in [-0.2, 0) is 4.79 Å².